The van der Waals surface area contributed by atoms with Gasteiger partial charge >= 0.3 is 0 Å². The first-order valence-electron chi connectivity index (χ1n) is 5.25. The summed E-state index contributed by atoms with van der Waals surface area (Å²) >= 11 is 0. The quantitative estimate of drug-likeness (QED) is 0.754. The standard InChI is InChI=1S/C13H12N2O2/c1-10-4-5-12(7-13(10)15-16)17-9-11-3-2-6-14-8-11/h2-8H,9H2,1H3. The first kappa shape index (κ1) is 11.3. The molecule has 1 aromatic heterocycles. The van der Waals surface area contributed by atoms with Crippen LogP contribution in [-0.2, 0) is 6.61 Å². The molecule has 2 aromatic rings. The molecule has 1 aromatic carbocycles. The van der Waals surface area contributed by atoms with Gasteiger partial charge in [-0.2, -0.15) is 0 Å². The van der Waals surface area contributed by atoms with Crippen molar-refractivity contribution >= 4 is 5.69 Å². The number of aryl methyl sites for hydroxylation is 1. The minimum absolute atomic E-state index is 0.411. The number of aromatic nitrogens is 1. The van der Waals surface area contributed by atoms with Gasteiger partial charge in [-0.1, -0.05) is 12.1 Å². The summed E-state index contributed by atoms with van der Waals surface area (Å²) in [5.74, 6) is 0.633. The molecule has 0 aliphatic rings. The van der Waals surface area contributed by atoms with E-state index >= 15 is 0 Å². The molecule has 0 N–H and O–H groups in total. The van der Waals surface area contributed by atoms with Crippen LogP contribution in [0.4, 0.5) is 5.69 Å². The monoisotopic (exact) mass is 228 g/mol. The number of ether oxygens (including phenoxy) is 1. The van der Waals surface area contributed by atoms with Crippen molar-refractivity contribution in [1.82, 2.24) is 4.98 Å². The van der Waals surface area contributed by atoms with Crippen molar-refractivity contribution in [2.45, 2.75) is 13.5 Å². The second-order valence-corrected chi connectivity index (χ2v) is 3.69. The van der Waals surface area contributed by atoms with E-state index in [0.717, 1.165) is 11.1 Å². The molecule has 17 heavy (non-hydrogen) atoms. The predicted molar refractivity (Wildman–Crippen MR) is 65.2 cm³/mol. The van der Waals surface area contributed by atoms with Gasteiger partial charge < -0.3 is 4.74 Å². The Hall–Kier alpha value is -2.23. The van der Waals surface area contributed by atoms with E-state index in [2.05, 4.69) is 10.2 Å². The molecule has 0 bridgehead atoms. The lowest BCUT2D eigenvalue weighted by Crippen LogP contribution is -1.95. The molecule has 4 heteroatoms. The molecular formula is C13H12N2O2. The van der Waals surface area contributed by atoms with Crippen molar-refractivity contribution in [3.05, 3.63) is 58.8 Å². The molecule has 86 valence electrons. The molecule has 0 saturated heterocycles. The lowest BCUT2D eigenvalue weighted by atomic mass is 10.2. The lowest BCUT2D eigenvalue weighted by molar-refractivity contribution is 0.306. The SMILES string of the molecule is Cc1ccc(OCc2cccnc2)cc1N=O. The molecule has 0 amide bonds. The molecule has 0 unspecified atom stereocenters. The van der Waals surface area contributed by atoms with E-state index in [1.165, 1.54) is 0 Å². The van der Waals surface area contributed by atoms with E-state index in [9.17, 15) is 4.91 Å². The summed E-state index contributed by atoms with van der Waals surface area (Å²) in [5, 5.41) is 2.94. The van der Waals surface area contributed by atoms with Crippen LogP contribution in [0.15, 0.2) is 47.9 Å². The Morgan fingerprint density at radius 1 is 1.35 bits per heavy atom. The zero-order chi connectivity index (χ0) is 12.1. The van der Waals surface area contributed by atoms with Crippen LogP contribution in [0, 0.1) is 11.8 Å². The van der Waals surface area contributed by atoms with Gasteiger partial charge in [0.05, 0.1) is 0 Å². The van der Waals surface area contributed by atoms with E-state index in [-0.39, 0.29) is 0 Å². The summed E-state index contributed by atoms with van der Waals surface area (Å²) in [6.45, 7) is 2.26. The number of rotatable bonds is 4. The van der Waals surface area contributed by atoms with Crippen molar-refractivity contribution in [2.75, 3.05) is 0 Å². The molecule has 0 spiro atoms. The van der Waals surface area contributed by atoms with E-state index in [1.807, 2.05) is 31.2 Å². The largest absolute Gasteiger partial charge is 0.489 e. The maximum Gasteiger partial charge on any atom is 0.122 e. The Kier molecular flexibility index (Phi) is 3.45. The number of hydrogen-bond acceptors (Lipinski definition) is 4. The number of benzene rings is 1. The molecule has 0 radical (unpaired) electrons. The summed E-state index contributed by atoms with van der Waals surface area (Å²) in [6, 6.07) is 9.06. The van der Waals surface area contributed by atoms with E-state index in [4.69, 9.17) is 4.74 Å². The number of pyridine rings is 1. The molecule has 2 rings (SSSR count). The van der Waals surface area contributed by atoms with Crippen molar-refractivity contribution in [2.24, 2.45) is 5.18 Å². The lowest BCUT2D eigenvalue weighted by Gasteiger charge is -2.06. The normalized spacial score (nSPS) is 9.94. The van der Waals surface area contributed by atoms with Gasteiger partial charge in [0.25, 0.3) is 0 Å². The fourth-order valence-electron chi connectivity index (χ4n) is 1.43. The smallest absolute Gasteiger partial charge is 0.122 e. The fraction of sp³-hybridized carbons (Fsp3) is 0.154. The van der Waals surface area contributed by atoms with Crippen LogP contribution >= 0.6 is 0 Å². The molecular weight excluding hydrogens is 216 g/mol. The fourth-order valence-corrected chi connectivity index (χ4v) is 1.43. The zero-order valence-electron chi connectivity index (χ0n) is 9.46. The van der Waals surface area contributed by atoms with Gasteiger partial charge in [0, 0.05) is 24.0 Å². The average molecular weight is 228 g/mol. The van der Waals surface area contributed by atoms with E-state index < -0.39 is 0 Å². The predicted octanol–water partition coefficient (Wildman–Crippen LogP) is 3.37. The van der Waals surface area contributed by atoms with Crippen LogP contribution in [0.5, 0.6) is 5.75 Å². The molecule has 0 saturated carbocycles. The molecule has 0 atom stereocenters. The van der Waals surface area contributed by atoms with Crippen LogP contribution in [0.25, 0.3) is 0 Å². The highest BCUT2D eigenvalue weighted by atomic mass is 16.5. The molecule has 0 aliphatic heterocycles. The summed E-state index contributed by atoms with van der Waals surface area (Å²) in [7, 11) is 0. The molecule has 0 aliphatic carbocycles. The van der Waals surface area contributed by atoms with Gasteiger partial charge in [-0.3, -0.25) is 4.98 Å². The zero-order valence-corrected chi connectivity index (χ0v) is 9.46. The minimum atomic E-state index is 0.411. The van der Waals surface area contributed by atoms with Gasteiger partial charge in [-0.25, -0.2) is 0 Å². The third kappa shape index (κ3) is 2.87. The number of hydrogen-bond donors (Lipinski definition) is 0. The van der Waals surface area contributed by atoms with Crippen LogP contribution in [0.3, 0.4) is 0 Å². The second kappa shape index (κ2) is 5.21. The summed E-state index contributed by atoms with van der Waals surface area (Å²) in [4.78, 5) is 14.5. The third-order valence-corrected chi connectivity index (χ3v) is 2.41. The second-order valence-electron chi connectivity index (χ2n) is 3.69. The number of nitroso groups, excluding NO2 is 1. The summed E-state index contributed by atoms with van der Waals surface area (Å²) in [6.07, 6.45) is 3.46. The number of nitrogens with zero attached hydrogens (tertiary/aromatic N) is 2. The van der Waals surface area contributed by atoms with E-state index in [0.29, 0.717) is 18.0 Å². The average Bonchev–Trinajstić information content (AvgIpc) is 2.39. The first-order valence-corrected chi connectivity index (χ1v) is 5.25. The van der Waals surface area contributed by atoms with Crippen molar-refractivity contribution in [1.29, 1.82) is 0 Å². The Labute approximate surface area is 99.2 Å². The molecule has 1 heterocycles. The van der Waals surface area contributed by atoms with Crippen molar-refractivity contribution in [3.63, 3.8) is 0 Å². The van der Waals surface area contributed by atoms with Gasteiger partial charge in [0.15, 0.2) is 0 Å². The van der Waals surface area contributed by atoms with E-state index in [1.54, 1.807) is 18.5 Å². The summed E-state index contributed by atoms with van der Waals surface area (Å²) in [5.41, 5.74) is 2.23. The molecule has 0 fully saturated rings. The minimum Gasteiger partial charge on any atom is -0.489 e. The Morgan fingerprint density at radius 2 is 2.24 bits per heavy atom. The maximum atomic E-state index is 10.5. The Balaban J connectivity index is 2.07. The highest BCUT2D eigenvalue weighted by molar-refractivity contribution is 5.49. The highest BCUT2D eigenvalue weighted by Crippen LogP contribution is 2.24. The maximum absolute atomic E-state index is 10.5. The van der Waals surface area contributed by atoms with Crippen LogP contribution in [-0.4, -0.2) is 4.98 Å². The Morgan fingerprint density at radius 3 is 2.94 bits per heavy atom. The molecule has 4 nitrogen and oxygen atoms in total. The van der Waals surface area contributed by atoms with Gasteiger partial charge in [0.2, 0.25) is 0 Å². The third-order valence-electron chi connectivity index (χ3n) is 2.41. The van der Waals surface area contributed by atoms with Gasteiger partial charge in [0.1, 0.15) is 18.0 Å². The summed E-state index contributed by atoms with van der Waals surface area (Å²) < 4.78 is 5.55. The van der Waals surface area contributed by atoms with Crippen LogP contribution in [0.1, 0.15) is 11.1 Å². The van der Waals surface area contributed by atoms with Crippen molar-refractivity contribution < 1.29 is 4.74 Å². The Bertz CT molecular complexity index is 512. The van der Waals surface area contributed by atoms with Crippen LogP contribution < -0.4 is 4.74 Å². The van der Waals surface area contributed by atoms with Gasteiger partial charge in [-0.05, 0) is 29.8 Å². The van der Waals surface area contributed by atoms with Gasteiger partial charge in [-0.15, -0.1) is 4.91 Å². The highest BCUT2D eigenvalue weighted by Gasteiger charge is 2.01. The van der Waals surface area contributed by atoms with Crippen molar-refractivity contribution in [3.8, 4) is 5.75 Å². The van der Waals surface area contributed by atoms with Crippen LogP contribution in [0.2, 0.25) is 0 Å². The first-order chi connectivity index (χ1) is 8.29. The topological polar surface area (TPSA) is 51.6 Å².